The highest BCUT2D eigenvalue weighted by Crippen LogP contribution is 2.19. The lowest BCUT2D eigenvalue weighted by Crippen LogP contribution is -2.55. The molecular formula is C57H98N6O19. The Morgan fingerprint density at radius 3 is 0.780 bits per heavy atom. The number of carbonyl (C=O) groups is 12. The second-order valence-electron chi connectivity index (χ2n) is 24.3. The number of carboxylic acid groups (broad SMARTS) is 1. The maximum atomic E-state index is 13.9. The first-order valence-electron chi connectivity index (χ1n) is 28.4. The third-order valence-corrected chi connectivity index (χ3v) is 12.6. The third-order valence-electron chi connectivity index (χ3n) is 12.6. The molecule has 0 aromatic rings. The van der Waals surface area contributed by atoms with E-state index in [0.29, 0.717) is 0 Å². The van der Waals surface area contributed by atoms with Crippen LogP contribution in [0, 0.1) is 53.3 Å². The van der Waals surface area contributed by atoms with Crippen LogP contribution in [-0.2, 0) is 81.2 Å². The number of carboxylic acids is 1. The molecule has 0 aromatic carbocycles. The number of amides is 6. The number of carbonyl (C=O) groups excluding carboxylic acids is 11. The minimum Gasteiger partial charge on any atom is -0.480 e. The van der Waals surface area contributed by atoms with Crippen LogP contribution in [0.2, 0.25) is 0 Å². The van der Waals surface area contributed by atoms with Crippen molar-refractivity contribution < 1.29 is 91.4 Å². The molecule has 0 saturated carbocycles. The van der Waals surface area contributed by atoms with Crippen molar-refractivity contribution >= 4 is 71.3 Å². The van der Waals surface area contributed by atoms with Crippen LogP contribution in [0.4, 0.5) is 0 Å². The van der Waals surface area contributed by atoms with E-state index in [4.69, 9.17) is 23.7 Å². The van der Waals surface area contributed by atoms with Crippen LogP contribution >= 0.6 is 0 Å². The molecule has 0 bridgehead atoms. The van der Waals surface area contributed by atoms with Gasteiger partial charge in [-0.2, -0.15) is 0 Å². The Hall–Kier alpha value is -6.40. The fourth-order valence-corrected chi connectivity index (χ4v) is 7.59. The summed E-state index contributed by atoms with van der Waals surface area (Å²) in [6.45, 7) is 33.5. The fraction of sp³-hybridized carbons (Fsp3) is 0.789. The summed E-state index contributed by atoms with van der Waals surface area (Å²) in [6.07, 6.45) is -8.77. The zero-order chi connectivity index (χ0) is 64.0. The van der Waals surface area contributed by atoms with Gasteiger partial charge in [-0.15, -0.1) is 0 Å². The van der Waals surface area contributed by atoms with Crippen molar-refractivity contribution in [1.29, 1.82) is 0 Å². The average Bonchev–Trinajstić information content (AvgIpc) is 3.35. The summed E-state index contributed by atoms with van der Waals surface area (Å²) in [6, 6.07) is -8.09. The van der Waals surface area contributed by atoms with Gasteiger partial charge in [0, 0.05) is 0 Å². The monoisotopic (exact) mass is 1170 g/mol. The van der Waals surface area contributed by atoms with Crippen LogP contribution in [0.3, 0.4) is 0 Å². The van der Waals surface area contributed by atoms with Crippen LogP contribution in [0.25, 0.3) is 0 Å². The van der Waals surface area contributed by atoms with E-state index in [2.05, 4.69) is 31.9 Å². The second-order valence-corrected chi connectivity index (χ2v) is 24.3. The highest BCUT2D eigenvalue weighted by molar-refractivity contribution is 5.95. The van der Waals surface area contributed by atoms with Gasteiger partial charge in [-0.3, -0.25) is 33.6 Å². The number of rotatable bonds is 35. The fourth-order valence-electron chi connectivity index (χ4n) is 7.59. The van der Waals surface area contributed by atoms with Gasteiger partial charge in [0.05, 0.1) is 0 Å². The first kappa shape index (κ1) is 75.6. The van der Waals surface area contributed by atoms with E-state index in [-0.39, 0.29) is 37.0 Å². The summed E-state index contributed by atoms with van der Waals surface area (Å²) < 4.78 is 28.0. The Morgan fingerprint density at radius 2 is 0.561 bits per heavy atom. The van der Waals surface area contributed by atoms with Crippen molar-refractivity contribution in [2.45, 2.75) is 238 Å². The summed E-state index contributed by atoms with van der Waals surface area (Å²) in [7, 11) is 0. The quantitative estimate of drug-likeness (QED) is 0.0334. The molecular weight excluding hydrogens is 1070 g/mol. The van der Waals surface area contributed by atoms with Crippen molar-refractivity contribution in [2.24, 2.45) is 53.3 Å². The molecule has 0 fully saturated rings. The highest BCUT2D eigenvalue weighted by Gasteiger charge is 2.40. The maximum absolute atomic E-state index is 13.9. The SMILES string of the molecule is CC(C)C[C@@H](OC(=O)[C@@H](NC(=O)[C@@H](O)C(C)C)C(C)C)C(=O)N[C@H](C)C(=O)O[C@H](C(=O)N[C@H](C(=O)O[C@H](CC(C)C)C(=O)N[C@H](C)C(=O)O[C@H](C(=O)N[C@H](C(=O)O[C@H](CC(C)C)C(=O)N[C@H](C)C(=O)O)C(C)C)C(C)C)C(C)C)C(C)C. The summed E-state index contributed by atoms with van der Waals surface area (Å²) in [4.78, 5) is 160. The number of nitrogens with one attached hydrogen (secondary N) is 6. The number of ether oxygens (including phenoxy) is 5. The van der Waals surface area contributed by atoms with Gasteiger partial charge in [0.1, 0.15) is 42.4 Å². The summed E-state index contributed by atoms with van der Waals surface area (Å²) >= 11 is 0. The Kier molecular flexibility index (Phi) is 32.8. The van der Waals surface area contributed by atoms with E-state index >= 15 is 0 Å². The minimum absolute atomic E-state index is 0.0226. The Balaban J connectivity index is 6.23. The van der Waals surface area contributed by atoms with Gasteiger partial charge in [0.2, 0.25) is 5.91 Å². The molecule has 0 aliphatic rings. The van der Waals surface area contributed by atoms with Gasteiger partial charge in [0.25, 0.3) is 29.5 Å². The third kappa shape index (κ3) is 26.2. The van der Waals surface area contributed by atoms with E-state index in [0.717, 1.165) is 0 Å². The van der Waals surface area contributed by atoms with E-state index < -0.39 is 180 Å². The van der Waals surface area contributed by atoms with Gasteiger partial charge >= 0.3 is 35.8 Å². The molecule has 8 N–H and O–H groups in total. The molecule has 25 heteroatoms. The number of aliphatic carboxylic acids is 1. The lowest BCUT2D eigenvalue weighted by atomic mass is 10.0. The number of hydrogen-bond donors (Lipinski definition) is 8. The molecule has 12 atom stereocenters. The molecule has 6 amide bonds. The molecule has 0 aromatic heterocycles. The van der Waals surface area contributed by atoms with Crippen molar-refractivity contribution in [2.75, 3.05) is 0 Å². The predicted octanol–water partition coefficient (Wildman–Crippen LogP) is 3.03. The van der Waals surface area contributed by atoms with Crippen molar-refractivity contribution in [1.82, 2.24) is 31.9 Å². The number of hydrogen-bond acceptors (Lipinski definition) is 18. The Labute approximate surface area is 484 Å². The first-order valence-corrected chi connectivity index (χ1v) is 28.4. The van der Waals surface area contributed by atoms with Gasteiger partial charge < -0.3 is 65.8 Å². The van der Waals surface area contributed by atoms with Crippen LogP contribution < -0.4 is 31.9 Å². The van der Waals surface area contributed by atoms with Crippen LogP contribution in [0.1, 0.15) is 165 Å². The molecule has 0 rings (SSSR count). The smallest absolute Gasteiger partial charge is 0.329 e. The van der Waals surface area contributed by atoms with Crippen molar-refractivity contribution in [3.8, 4) is 0 Å². The van der Waals surface area contributed by atoms with Gasteiger partial charge in [-0.05, 0) is 93.3 Å². The first-order chi connectivity index (χ1) is 37.6. The van der Waals surface area contributed by atoms with Gasteiger partial charge in [-0.25, -0.2) is 24.0 Å². The van der Waals surface area contributed by atoms with Crippen LogP contribution in [-0.4, -0.2) is 154 Å². The Morgan fingerprint density at radius 1 is 0.305 bits per heavy atom. The number of aliphatic hydroxyl groups is 1. The lowest BCUT2D eigenvalue weighted by Gasteiger charge is -2.29. The summed E-state index contributed by atoms with van der Waals surface area (Å²) in [5, 5.41) is 34.3. The molecule has 470 valence electrons. The summed E-state index contributed by atoms with van der Waals surface area (Å²) in [5.41, 5.74) is 0. The Bertz CT molecular complexity index is 2180. The normalized spacial score (nSPS) is 16.1. The molecule has 0 aliphatic carbocycles. The molecule has 0 heterocycles. The zero-order valence-electron chi connectivity index (χ0n) is 52.1. The number of aliphatic hydroxyl groups excluding tert-OH is 1. The van der Waals surface area contributed by atoms with Crippen molar-refractivity contribution in [3.05, 3.63) is 0 Å². The topological polar surface area (TPSA) is 364 Å². The van der Waals surface area contributed by atoms with Crippen molar-refractivity contribution in [3.63, 3.8) is 0 Å². The molecule has 25 nitrogen and oxygen atoms in total. The van der Waals surface area contributed by atoms with E-state index in [1.807, 2.05) is 0 Å². The summed E-state index contributed by atoms with van der Waals surface area (Å²) in [5.74, 6) is -15.8. The van der Waals surface area contributed by atoms with E-state index in [9.17, 15) is 67.7 Å². The molecule has 0 aliphatic heterocycles. The molecule has 0 saturated heterocycles. The zero-order valence-corrected chi connectivity index (χ0v) is 52.1. The minimum atomic E-state index is -1.53. The molecule has 82 heavy (non-hydrogen) atoms. The highest BCUT2D eigenvalue weighted by atomic mass is 16.6. The average molecular weight is 1170 g/mol. The maximum Gasteiger partial charge on any atom is 0.329 e. The molecule has 0 unspecified atom stereocenters. The predicted molar refractivity (Wildman–Crippen MR) is 299 cm³/mol. The van der Waals surface area contributed by atoms with Crippen LogP contribution in [0.15, 0.2) is 0 Å². The molecule has 0 spiro atoms. The standard InChI is InChI=1S/C57H98N6O19/c1-25(2)22-37(46(65)58-34(19)52(71)72)78-56(76)41(29(9)10)62-50(69)44(32(15)16)81-54(74)36(21)60-48(67)39(24-27(5)6)80-57(77)42(30(11)12)63-51(70)45(33(17)18)82-53(73)35(20)59-47(66)38(23-26(3)4)79-55(75)40(28(7)8)61-49(68)43(64)31(13)14/h25-45,64H,22-24H2,1-21H3,(H,58,65)(H,59,66)(H,60,67)(H,61,68)(H,62,69)(H,63,70)(H,71,72)/t34-,35-,36-,37-,38-,39-,40+,41+,42+,43+,44+,45+/m1/s1. The molecule has 0 radical (unpaired) electrons. The van der Waals surface area contributed by atoms with E-state index in [1.165, 1.54) is 20.8 Å². The second kappa shape index (κ2) is 35.6. The largest absolute Gasteiger partial charge is 0.480 e. The number of esters is 5. The van der Waals surface area contributed by atoms with Gasteiger partial charge in [0.15, 0.2) is 30.5 Å². The van der Waals surface area contributed by atoms with Gasteiger partial charge in [-0.1, -0.05) is 125 Å². The lowest BCUT2D eigenvalue weighted by molar-refractivity contribution is -0.166. The van der Waals surface area contributed by atoms with E-state index in [1.54, 1.807) is 125 Å². The van der Waals surface area contributed by atoms with Crippen LogP contribution in [0.5, 0.6) is 0 Å².